The Morgan fingerprint density at radius 1 is 1.38 bits per heavy atom. The second-order valence-corrected chi connectivity index (χ2v) is 6.69. The third-order valence-electron chi connectivity index (χ3n) is 2.30. The van der Waals surface area contributed by atoms with Gasteiger partial charge in [-0.05, 0) is 26.0 Å². The first kappa shape index (κ1) is 15.7. The van der Waals surface area contributed by atoms with Crippen LogP contribution in [-0.2, 0) is 4.79 Å². The Kier molecular flexibility index (Phi) is 5.51. The Bertz CT molecular complexity index is 618. The second kappa shape index (κ2) is 7.37. The van der Waals surface area contributed by atoms with E-state index in [2.05, 4.69) is 20.8 Å². The van der Waals surface area contributed by atoms with E-state index < -0.39 is 0 Å². The number of rotatable bonds is 6. The number of nitrogens with one attached hydrogen (secondary N) is 2. The van der Waals surface area contributed by atoms with Gasteiger partial charge in [-0.25, -0.2) is 4.39 Å². The Morgan fingerprint density at radius 3 is 2.86 bits per heavy atom. The van der Waals surface area contributed by atoms with Crippen molar-refractivity contribution in [3.63, 3.8) is 0 Å². The van der Waals surface area contributed by atoms with Crippen LogP contribution in [-0.4, -0.2) is 27.9 Å². The molecule has 0 bridgehead atoms. The van der Waals surface area contributed by atoms with Crippen LogP contribution in [0, 0.1) is 5.82 Å². The number of benzene rings is 1. The molecule has 0 aliphatic rings. The van der Waals surface area contributed by atoms with Crippen LogP contribution in [0.25, 0.3) is 0 Å². The van der Waals surface area contributed by atoms with Gasteiger partial charge in [0.05, 0.1) is 11.4 Å². The number of aromatic nitrogens is 2. The Labute approximate surface area is 130 Å². The molecule has 0 aliphatic carbocycles. The summed E-state index contributed by atoms with van der Waals surface area (Å²) >= 11 is 2.59. The zero-order chi connectivity index (χ0) is 15.2. The molecule has 1 aromatic heterocycles. The van der Waals surface area contributed by atoms with Crippen molar-refractivity contribution in [3.8, 4) is 0 Å². The van der Waals surface area contributed by atoms with E-state index in [1.165, 1.54) is 29.2 Å². The van der Waals surface area contributed by atoms with Crippen LogP contribution in [0.2, 0.25) is 0 Å². The van der Waals surface area contributed by atoms with Crippen molar-refractivity contribution < 1.29 is 9.18 Å². The third-order valence-corrected chi connectivity index (χ3v) is 4.27. The number of hydrogen-bond donors (Lipinski definition) is 2. The van der Waals surface area contributed by atoms with Crippen LogP contribution >= 0.6 is 23.1 Å². The summed E-state index contributed by atoms with van der Waals surface area (Å²) in [7, 11) is 0. The van der Waals surface area contributed by atoms with Gasteiger partial charge in [0.15, 0.2) is 4.34 Å². The quantitative estimate of drug-likeness (QED) is 0.799. The average molecular weight is 326 g/mol. The van der Waals surface area contributed by atoms with Gasteiger partial charge in [0.1, 0.15) is 5.82 Å². The van der Waals surface area contributed by atoms with Crippen molar-refractivity contribution in [2.75, 3.05) is 11.1 Å². The molecular weight excluding hydrogens is 311 g/mol. The van der Waals surface area contributed by atoms with Crippen molar-refractivity contribution >= 4 is 39.8 Å². The zero-order valence-electron chi connectivity index (χ0n) is 11.6. The predicted molar refractivity (Wildman–Crippen MR) is 83.6 cm³/mol. The molecule has 1 heterocycles. The maximum atomic E-state index is 13.5. The first-order valence-electron chi connectivity index (χ1n) is 6.32. The maximum absolute atomic E-state index is 13.5. The highest BCUT2D eigenvalue weighted by molar-refractivity contribution is 8.01. The number of hydrogen-bond acceptors (Lipinski definition) is 6. The molecule has 0 aliphatic heterocycles. The first-order valence-corrected chi connectivity index (χ1v) is 8.12. The first-order chi connectivity index (χ1) is 10.0. The smallest absolute Gasteiger partial charge is 0.230 e. The lowest BCUT2D eigenvalue weighted by molar-refractivity contribution is -0.119. The van der Waals surface area contributed by atoms with Crippen molar-refractivity contribution in [1.29, 1.82) is 0 Å². The Hall–Kier alpha value is -1.67. The van der Waals surface area contributed by atoms with E-state index in [9.17, 15) is 9.18 Å². The van der Waals surface area contributed by atoms with Gasteiger partial charge < -0.3 is 10.6 Å². The average Bonchev–Trinajstić information content (AvgIpc) is 2.86. The molecule has 0 unspecified atom stereocenters. The van der Waals surface area contributed by atoms with Gasteiger partial charge in [-0.15, -0.1) is 10.2 Å². The van der Waals surface area contributed by atoms with Crippen LogP contribution < -0.4 is 10.6 Å². The van der Waals surface area contributed by atoms with Crippen LogP contribution in [0.4, 0.5) is 15.2 Å². The molecule has 21 heavy (non-hydrogen) atoms. The molecule has 0 saturated carbocycles. The number of carbonyl (C=O) groups is 1. The molecule has 0 fully saturated rings. The summed E-state index contributed by atoms with van der Waals surface area (Å²) in [6.45, 7) is 3.81. The predicted octanol–water partition coefficient (Wildman–Crippen LogP) is 3.04. The normalized spacial score (nSPS) is 10.7. The highest BCUT2D eigenvalue weighted by Crippen LogP contribution is 2.28. The van der Waals surface area contributed by atoms with Crippen molar-refractivity contribution in [2.24, 2.45) is 0 Å². The zero-order valence-corrected chi connectivity index (χ0v) is 13.2. The maximum Gasteiger partial charge on any atom is 0.230 e. The van der Waals surface area contributed by atoms with Crippen LogP contribution in [0.3, 0.4) is 0 Å². The molecule has 8 heteroatoms. The molecule has 112 valence electrons. The molecule has 0 atom stereocenters. The van der Waals surface area contributed by atoms with Gasteiger partial charge in [-0.1, -0.05) is 35.2 Å². The van der Waals surface area contributed by atoms with Crippen LogP contribution in [0.1, 0.15) is 13.8 Å². The van der Waals surface area contributed by atoms with Gasteiger partial charge in [0.2, 0.25) is 11.0 Å². The van der Waals surface area contributed by atoms with E-state index in [1.807, 2.05) is 13.8 Å². The van der Waals surface area contributed by atoms with Gasteiger partial charge in [-0.2, -0.15) is 0 Å². The lowest BCUT2D eigenvalue weighted by atomic mass is 10.3. The van der Waals surface area contributed by atoms with Crippen molar-refractivity contribution in [2.45, 2.75) is 24.2 Å². The SMILES string of the molecule is CC(C)NC(=O)CSc1nnc(Nc2ccccc2F)s1. The minimum absolute atomic E-state index is 0.0474. The number of anilines is 2. The summed E-state index contributed by atoms with van der Waals surface area (Å²) in [4.78, 5) is 11.5. The molecule has 1 aromatic carbocycles. The molecule has 1 amide bonds. The van der Waals surface area contributed by atoms with Crippen molar-refractivity contribution in [3.05, 3.63) is 30.1 Å². The van der Waals surface area contributed by atoms with E-state index in [1.54, 1.807) is 18.2 Å². The van der Waals surface area contributed by atoms with Crippen LogP contribution in [0.5, 0.6) is 0 Å². The molecule has 0 spiro atoms. The Morgan fingerprint density at radius 2 is 2.14 bits per heavy atom. The topological polar surface area (TPSA) is 66.9 Å². The van der Waals surface area contributed by atoms with E-state index in [0.717, 1.165) is 0 Å². The number of amides is 1. The van der Waals surface area contributed by atoms with E-state index >= 15 is 0 Å². The fourth-order valence-corrected chi connectivity index (χ4v) is 3.06. The third kappa shape index (κ3) is 4.98. The summed E-state index contributed by atoms with van der Waals surface area (Å²) in [6.07, 6.45) is 0. The van der Waals surface area contributed by atoms with Gasteiger partial charge in [0.25, 0.3) is 0 Å². The highest BCUT2D eigenvalue weighted by atomic mass is 32.2. The number of thioether (sulfide) groups is 1. The molecule has 5 nitrogen and oxygen atoms in total. The second-order valence-electron chi connectivity index (χ2n) is 4.49. The molecule has 0 radical (unpaired) electrons. The summed E-state index contributed by atoms with van der Waals surface area (Å²) in [6, 6.07) is 6.47. The summed E-state index contributed by atoms with van der Waals surface area (Å²) in [5.41, 5.74) is 0.350. The highest BCUT2D eigenvalue weighted by Gasteiger charge is 2.10. The minimum atomic E-state index is -0.349. The molecule has 2 rings (SSSR count). The number of halogens is 1. The summed E-state index contributed by atoms with van der Waals surface area (Å²) in [5.74, 6) is -0.112. The summed E-state index contributed by atoms with van der Waals surface area (Å²) in [5, 5.41) is 14.0. The molecule has 2 N–H and O–H groups in total. The lowest BCUT2D eigenvalue weighted by Gasteiger charge is -2.06. The fraction of sp³-hybridized carbons (Fsp3) is 0.308. The number of nitrogens with zero attached hydrogens (tertiary/aromatic N) is 2. The van der Waals surface area contributed by atoms with Gasteiger partial charge in [-0.3, -0.25) is 4.79 Å². The molecular formula is C13H15FN4OS2. The summed E-state index contributed by atoms with van der Waals surface area (Å²) < 4.78 is 14.2. The standard InChI is InChI=1S/C13H15FN4OS2/c1-8(2)15-11(19)7-20-13-18-17-12(21-13)16-10-6-4-3-5-9(10)14/h3-6,8H,7H2,1-2H3,(H,15,19)(H,16,17). The van der Waals surface area contributed by atoms with Gasteiger partial charge >= 0.3 is 0 Å². The van der Waals surface area contributed by atoms with E-state index in [-0.39, 0.29) is 23.5 Å². The fourth-order valence-electron chi connectivity index (χ4n) is 1.49. The minimum Gasteiger partial charge on any atom is -0.353 e. The number of para-hydroxylation sites is 1. The van der Waals surface area contributed by atoms with E-state index in [0.29, 0.717) is 15.2 Å². The molecule has 0 saturated heterocycles. The lowest BCUT2D eigenvalue weighted by Crippen LogP contribution is -2.31. The van der Waals surface area contributed by atoms with Crippen LogP contribution in [0.15, 0.2) is 28.6 Å². The van der Waals surface area contributed by atoms with Gasteiger partial charge in [0, 0.05) is 6.04 Å². The molecule has 2 aromatic rings. The van der Waals surface area contributed by atoms with Crippen molar-refractivity contribution in [1.82, 2.24) is 15.5 Å². The van der Waals surface area contributed by atoms with E-state index in [4.69, 9.17) is 0 Å². The Balaban J connectivity index is 1.90. The monoisotopic (exact) mass is 326 g/mol. The number of carbonyl (C=O) groups excluding carboxylic acids is 1. The largest absolute Gasteiger partial charge is 0.353 e.